The first-order valence-electron chi connectivity index (χ1n) is 7.77. The van der Waals surface area contributed by atoms with Crippen LogP contribution in [0.2, 0.25) is 0 Å². The molecule has 0 spiro atoms. The minimum Gasteiger partial charge on any atom is -1.00 e. The number of carbonyl (C=O) groups is 3. The van der Waals surface area contributed by atoms with Crippen LogP contribution < -0.4 is 44.6 Å². The predicted molar refractivity (Wildman–Crippen MR) is 103 cm³/mol. The number of nitrogens with one attached hydrogen (secondary N) is 2. The van der Waals surface area contributed by atoms with Crippen LogP contribution in [0, 0.1) is 0 Å². The van der Waals surface area contributed by atoms with Crippen molar-refractivity contribution >= 4 is 47.0 Å². The molecule has 0 rings (SSSR count). The van der Waals surface area contributed by atoms with Crippen LogP contribution in [0.25, 0.3) is 0 Å². The Labute approximate surface area is 215 Å². The average molecular weight is 747 g/mol. The van der Waals surface area contributed by atoms with Crippen LogP contribution in [0.4, 0.5) is 0 Å². The molecule has 7 nitrogen and oxygen atoms in total. The van der Waals surface area contributed by atoms with Crippen molar-refractivity contribution in [3.63, 3.8) is 0 Å². The first-order valence-corrected chi connectivity index (χ1v) is 8.59. The molecule has 12 heteroatoms. The van der Waals surface area contributed by atoms with Gasteiger partial charge >= 0.3 is 28.3 Å². The number of rotatable bonds is 6. The average Bonchev–Trinajstić information content (AvgIpc) is 2.34. The van der Waals surface area contributed by atoms with Gasteiger partial charge in [0.1, 0.15) is 16.7 Å². The Kier molecular flexibility index (Phi) is 17.2. The normalized spacial score (nSPS) is 10.9. The smallest absolute Gasteiger partial charge is 1.00 e. The summed E-state index contributed by atoms with van der Waals surface area (Å²) in [6.07, 6.45) is 0. The summed E-state index contributed by atoms with van der Waals surface area (Å²) in [4.78, 5) is 38.2. The number of nitrogens with zero attached hydrogens (tertiary/aromatic N) is 1. The molecule has 0 fully saturated rings. The van der Waals surface area contributed by atoms with E-state index in [-0.39, 0.29) is 67.2 Å². The molecule has 0 aliphatic rings. The van der Waals surface area contributed by atoms with Crippen molar-refractivity contribution < 1.29 is 75.5 Å². The fourth-order valence-corrected chi connectivity index (χ4v) is 1.75. The van der Waals surface area contributed by atoms with Gasteiger partial charge in [0.15, 0.2) is 0 Å². The van der Waals surface area contributed by atoms with E-state index < -0.39 is 34.5 Å². The second kappa shape index (κ2) is 13.5. The molecule has 0 aromatic heterocycles. The third kappa shape index (κ3) is 13.4. The zero-order valence-corrected chi connectivity index (χ0v) is 24.1. The number of amides is 2. The van der Waals surface area contributed by atoms with Crippen LogP contribution in [0.15, 0.2) is 0 Å². The third-order valence-corrected chi connectivity index (χ3v) is 3.67. The van der Waals surface area contributed by atoms with Gasteiger partial charge in [-0.3, -0.25) is 9.59 Å². The molecule has 2 amide bonds. The van der Waals surface area contributed by atoms with Crippen LogP contribution in [0.3, 0.4) is 0 Å². The van der Waals surface area contributed by atoms with Crippen LogP contribution in [-0.4, -0.2) is 57.3 Å². The van der Waals surface area contributed by atoms with Crippen molar-refractivity contribution in [3.8, 4) is 0 Å². The van der Waals surface area contributed by atoms with Crippen molar-refractivity contribution in [3.05, 3.63) is 0 Å². The van der Waals surface area contributed by atoms with Crippen LogP contribution in [0.5, 0.6) is 0 Å². The molecule has 0 saturated carbocycles. The SMILES string of the molecule is CN(CC(=O)NC(C)(C)C(=O)NC(C)(C)C(=O)OC(C)(C)C)C(=S)[S-].[Au+3].[Br-].[Br-]. The molecular weight excluding hydrogens is 719 g/mol. The summed E-state index contributed by atoms with van der Waals surface area (Å²) < 4.78 is 5.46. The summed E-state index contributed by atoms with van der Waals surface area (Å²) in [6.45, 7) is 11.3. The monoisotopic (exact) mass is 745 g/mol. The van der Waals surface area contributed by atoms with Crippen LogP contribution in [-0.2, 0) is 54.1 Å². The molecular formula is C16H28AuBr2N3O4S2. The number of carbonyl (C=O) groups excluding carboxylic acids is 3. The Hall–Kier alpha value is 0.220. The van der Waals surface area contributed by atoms with Gasteiger partial charge in [-0.05, 0) is 48.5 Å². The Bertz CT molecular complexity index is 571. The Morgan fingerprint density at radius 2 is 1.39 bits per heavy atom. The van der Waals surface area contributed by atoms with Gasteiger partial charge in [-0.25, -0.2) is 4.79 Å². The number of ether oxygens (including phenoxy) is 1. The summed E-state index contributed by atoms with van der Waals surface area (Å²) >= 11 is 9.61. The van der Waals surface area contributed by atoms with E-state index in [1.807, 2.05) is 0 Å². The zero-order chi connectivity index (χ0) is 20.2. The molecule has 0 aromatic rings. The van der Waals surface area contributed by atoms with Gasteiger partial charge in [-0.1, -0.05) is 4.32 Å². The van der Waals surface area contributed by atoms with Gasteiger partial charge in [0.2, 0.25) is 11.8 Å². The molecule has 0 atom stereocenters. The van der Waals surface area contributed by atoms with Crippen molar-refractivity contribution in [2.75, 3.05) is 13.6 Å². The summed E-state index contributed by atoms with van der Waals surface area (Å²) in [5, 5.41) is 5.21. The zero-order valence-electron chi connectivity index (χ0n) is 17.2. The van der Waals surface area contributed by atoms with E-state index in [1.165, 1.54) is 18.7 Å². The first kappa shape index (κ1) is 35.6. The first-order chi connectivity index (χ1) is 11.0. The van der Waals surface area contributed by atoms with Crippen molar-refractivity contribution in [1.29, 1.82) is 0 Å². The van der Waals surface area contributed by atoms with E-state index in [2.05, 4.69) is 10.6 Å². The topological polar surface area (TPSA) is 87.7 Å². The summed E-state index contributed by atoms with van der Waals surface area (Å²) in [6, 6.07) is 0. The number of hydrogen-bond acceptors (Lipinski definition) is 6. The Morgan fingerprint density at radius 1 is 0.964 bits per heavy atom. The second-order valence-corrected chi connectivity index (χ2v) is 8.91. The van der Waals surface area contributed by atoms with Gasteiger partial charge in [0.05, 0.1) is 6.54 Å². The van der Waals surface area contributed by atoms with Gasteiger partial charge in [-0.2, -0.15) is 0 Å². The largest absolute Gasteiger partial charge is 3.00 e. The fourth-order valence-electron chi connectivity index (χ4n) is 1.62. The predicted octanol–water partition coefficient (Wildman–Crippen LogP) is -5.11. The van der Waals surface area contributed by atoms with Gasteiger partial charge in [0.25, 0.3) is 0 Å². The number of esters is 1. The van der Waals surface area contributed by atoms with E-state index in [9.17, 15) is 14.4 Å². The van der Waals surface area contributed by atoms with E-state index in [1.54, 1.807) is 41.7 Å². The molecule has 0 bridgehead atoms. The second-order valence-electron chi connectivity index (χ2n) is 7.88. The van der Waals surface area contributed by atoms with Crippen molar-refractivity contribution in [2.24, 2.45) is 0 Å². The molecule has 0 unspecified atom stereocenters. The summed E-state index contributed by atoms with van der Waals surface area (Å²) in [5.41, 5.74) is -3.15. The van der Waals surface area contributed by atoms with Gasteiger partial charge in [-0.15, -0.1) is 0 Å². The van der Waals surface area contributed by atoms with Gasteiger partial charge < -0.3 is 79.1 Å². The number of halogens is 2. The molecule has 168 valence electrons. The number of likely N-dealkylation sites (N-methyl/N-ethyl adjacent to an activating group) is 1. The van der Waals surface area contributed by atoms with Crippen LogP contribution >= 0.6 is 12.2 Å². The molecule has 2 N–H and O–H groups in total. The van der Waals surface area contributed by atoms with E-state index in [4.69, 9.17) is 29.6 Å². The Balaban J connectivity index is -0.000000960. The molecule has 0 aliphatic carbocycles. The summed E-state index contributed by atoms with van der Waals surface area (Å²) in [7, 11) is 1.59. The Morgan fingerprint density at radius 3 is 1.75 bits per heavy atom. The van der Waals surface area contributed by atoms with E-state index >= 15 is 0 Å². The van der Waals surface area contributed by atoms with Crippen molar-refractivity contribution in [1.82, 2.24) is 15.5 Å². The molecule has 0 saturated heterocycles. The minimum atomic E-state index is -1.24. The third-order valence-electron chi connectivity index (χ3n) is 3.05. The molecule has 0 heterocycles. The molecule has 28 heavy (non-hydrogen) atoms. The number of hydrogen-bond donors (Lipinski definition) is 2. The van der Waals surface area contributed by atoms with E-state index in [0.717, 1.165) is 0 Å². The summed E-state index contributed by atoms with van der Waals surface area (Å²) in [5.74, 6) is -1.49. The molecule has 0 aromatic carbocycles. The fraction of sp³-hybridized carbons (Fsp3) is 0.750. The maximum absolute atomic E-state index is 12.5. The quantitative estimate of drug-likeness (QED) is 0.122. The molecule has 0 aliphatic heterocycles. The maximum atomic E-state index is 12.5. The number of thiocarbonyl (C=S) groups is 1. The standard InChI is InChI=1S/C16H29N3O4S2.Au.2BrH/c1-14(2,3)23-12(22)16(6,7)18-11(21)15(4,5)17-10(20)9-19(8)13(24)25;;;/h9H2,1-8H3,(H,17,20)(H,18,21)(H,24,25);;2*1H/q;+3;;/p-3. The minimum absolute atomic E-state index is 0. The van der Waals surface area contributed by atoms with E-state index in [0.29, 0.717) is 0 Å². The molecule has 0 radical (unpaired) electrons. The van der Waals surface area contributed by atoms with Crippen LogP contribution in [0.1, 0.15) is 48.5 Å². The maximum Gasteiger partial charge on any atom is 3.00 e. The van der Waals surface area contributed by atoms with Crippen molar-refractivity contribution in [2.45, 2.75) is 65.1 Å². The van der Waals surface area contributed by atoms with Gasteiger partial charge in [0, 0.05) is 7.05 Å².